The van der Waals surface area contributed by atoms with Gasteiger partial charge >= 0.3 is 17.9 Å². The molecule has 0 saturated carbocycles. The van der Waals surface area contributed by atoms with Crippen LogP contribution >= 0.6 is 0 Å². The summed E-state index contributed by atoms with van der Waals surface area (Å²) in [6.07, 6.45) is -0.403. The average molecular weight is 219 g/mol. The van der Waals surface area contributed by atoms with Crippen LogP contribution in [0.5, 0.6) is 0 Å². The van der Waals surface area contributed by atoms with Gasteiger partial charge in [-0.2, -0.15) is 0 Å². The van der Waals surface area contributed by atoms with E-state index < -0.39 is 17.9 Å². The molecular formula is C8H13NO6. The number of hydrogen-bond acceptors (Lipinski definition) is 4. The molecule has 0 heterocycles. The minimum absolute atomic E-state index is 0.0366. The van der Waals surface area contributed by atoms with Crippen molar-refractivity contribution in [3.63, 3.8) is 0 Å². The van der Waals surface area contributed by atoms with Gasteiger partial charge in [0.05, 0.1) is 19.4 Å². The fraction of sp³-hybridized carbons (Fsp3) is 0.625. The number of carboxylic acids is 3. The fourth-order valence-corrected chi connectivity index (χ4v) is 0.969. The maximum absolute atomic E-state index is 10.4. The predicted octanol–water partition coefficient (Wildman–Crippen LogP) is -0.678. The topological polar surface area (TPSA) is 115 Å². The molecule has 7 heteroatoms. The maximum Gasteiger partial charge on any atom is 0.317 e. The molecule has 0 aliphatic heterocycles. The first-order chi connectivity index (χ1) is 6.91. The molecule has 0 aromatic carbocycles. The quantitative estimate of drug-likeness (QED) is 0.495. The van der Waals surface area contributed by atoms with Crippen molar-refractivity contribution in [3.05, 3.63) is 0 Å². The Bertz CT molecular complexity index is 234. The van der Waals surface area contributed by atoms with E-state index >= 15 is 0 Å². The maximum atomic E-state index is 10.4. The van der Waals surface area contributed by atoms with Gasteiger partial charge in [0.1, 0.15) is 0 Å². The standard InChI is InChI=1S/C8H13NO6/c10-6(11)1-3-9(5-8(14)15)4-2-7(12)13/h1-5H2,(H,10,11)(H,12,13)(H,14,15). The van der Waals surface area contributed by atoms with Gasteiger partial charge in [-0.05, 0) is 0 Å². The van der Waals surface area contributed by atoms with Crippen molar-refractivity contribution >= 4 is 17.9 Å². The van der Waals surface area contributed by atoms with Gasteiger partial charge in [0, 0.05) is 13.1 Å². The molecule has 3 N–H and O–H groups in total. The highest BCUT2D eigenvalue weighted by molar-refractivity contribution is 5.70. The smallest absolute Gasteiger partial charge is 0.317 e. The summed E-state index contributed by atoms with van der Waals surface area (Å²) in [7, 11) is 0. The first-order valence-electron chi connectivity index (χ1n) is 4.29. The molecule has 7 nitrogen and oxygen atoms in total. The normalized spacial score (nSPS) is 10.2. The lowest BCUT2D eigenvalue weighted by molar-refractivity contribution is -0.142. The second-order valence-electron chi connectivity index (χ2n) is 2.96. The van der Waals surface area contributed by atoms with E-state index in [1.807, 2.05) is 0 Å². The molecule has 0 aromatic heterocycles. The number of aliphatic carboxylic acids is 3. The summed E-state index contributed by atoms with van der Waals surface area (Å²) in [5.74, 6) is -3.19. The Labute approximate surface area is 85.9 Å². The lowest BCUT2D eigenvalue weighted by Gasteiger charge is -2.17. The van der Waals surface area contributed by atoms with E-state index in [0.29, 0.717) is 0 Å². The Morgan fingerprint density at radius 3 is 1.47 bits per heavy atom. The molecule has 86 valence electrons. The summed E-state index contributed by atoms with van der Waals surface area (Å²) in [5.41, 5.74) is 0. The molecule has 0 fully saturated rings. The lowest BCUT2D eigenvalue weighted by atomic mass is 10.3. The fourth-order valence-electron chi connectivity index (χ4n) is 0.969. The van der Waals surface area contributed by atoms with E-state index in [0.717, 1.165) is 0 Å². The van der Waals surface area contributed by atoms with Crippen molar-refractivity contribution in [2.75, 3.05) is 19.6 Å². The molecule has 0 spiro atoms. The average Bonchev–Trinajstić information content (AvgIpc) is 2.08. The second kappa shape index (κ2) is 6.77. The highest BCUT2D eigenvalue weighted by Gasteiger charge is 2.12. The first-order valence-corrected chi connectivity index (χ1v) is 4.29. The van der Waals surface area contributed by atoms with E-state index in [-0.39, 0.29) is 32.5 Å². The van der Waals surface area contributed by atoms with E-state index in [2.05, 4.69) is 0 Å². The monoisotopic (exact) mass is 219 g/mol. The lowest BCUT2D eigenvalue weighted by Crippen LogP contribution is -2.33. The Balaban J connectivity index is 3.99. The van der Waals surface area contributed by atoms with Crippen LogP contribution in [0.4, 0.5) is 0 Å². The molecule has 0 amide bonds. The predicted molar refractivity (Wildman–Crippen MR) is 48.6 cm³/mol. The van der Waals surface area contributed by atoms with Gasteiger partial charge in [-0.15, -0.1) is 0 Å². The molecular weight excluding hydrogens is 206 g/mol. The minimum atomic E-state index is -1.11. The van der Waals surface area contributed by atoms with Gasteiger partial charge < -0.3 is 15.3 Å². The molecule has 0 aliphatic carbocycles. The van der Waals surface area contributed by atoms with E-state index in [9.17, 15) is 14.4 Å². The zero-order valence-electron chi connectivity index (χ0n) is 8.05. The summed E-state index contributed by atoms with van der Waals surface area (Å²) in [6, 6.07) is 0. The number of nitrogens with zero attached hydrogens (tertiary/aromatic N) is 1. The van der Waals surface area contributed by atoms with Crippen molar-refractivity contribution in [1.29, 1.82) is 0 Å². The highest BCUT2D eigenvalue weighted by Crippen LogP contribution is 1.95. The Morgan fingerprint density at radius 1 is 0.800 bits per heavy atom. The van der Waals surface area contributed by atoms with Gasteiger partial charge in [-0.3, -0.25) is 19.3 Å². The Kier molecular flexibility index (Phi) is 6.03. The molecule has 0 aromatic rings. The SMILES string of the molecule is O=C(O)CCN(CCC(=O)O)CC(=O)O. The van der Waals surface area contributed by atoms with Crippen LogP contribution in [0.1, 0.15) is 12.8 Å². The molecule has 0 aliphatic rings. The third-order valence-corrected chi connectivity index (χ3v) is 1.64. The summed E-state index contributed by atoms with van der Waals surface area (Å²) in [4.78, 5) is 32.1. The van der Waals surface area contributed by atoms with Gasteiger partial charge in [0.25, 0.3) is 0 Å². The van der Waals surface area contributed by atoms with E-state index in [1.54, 1.807) is 0 Å². The van der Waals surface area contributed by atoms with Crippen molar-refractivity contribution < 1.29 is 29.7 Å². The van der Waals surface area contributed by atoms with E-state index in [4.69, 9.17) is 15.3 Å². The Hall–Kier alpha value is -1.63. The third kappa shape index (κ3) is 8.69. The third-order valence-electron chi connectivity index (χ3n) is 1.64. The molecule has 0 atom stereocenters. The minimum Gasteiger partial charge on any atom is -0.481 e. The molecule has 15 heavy (non-hydrogen) atoms. The molecule has 0 radical (unpaired) electrons. The Morgan fingerprint density at radius 2 is 1.20 bits per heavy atom. The van der Waals surface area contributed by atoms with Crippen LogP contribution in [0, 0.1) is 0 Å². The van der Waals surface area contributed by atoms with Crippen molar-refractivity contribution in [2.45, 2.75) is 12.8 Å². The highest BCUT2D eigenvalue weighted by atomic mass is 16.4. The van der Waals surface area contributed by atoms with Crippen LogP contribution in [-0.4, -0.2) is 57.8 Å². The summed E-state index contributed by atoms with van der Waals surface area (Å²) in [5, 5.41) is 25.2. The number of carboxylic acid groups (broad SMARTS) is 3. The van der Waals surface area contributed by atoms with Crippen LogP contribution < -0.4 is 0 Å². The van der Waals surface area contributed by atoms with Crippen LogP contribution in [0.3, 0.4) is 0 Å². The van der Waals surface area contributed by atoms with Crippen LogP contribution in [0.2, 0.25) is 0 Å². The molecule has 0 unspecified atom stereocenters. The molecule has 0 bridgehead atoms. The van der Waals surface area contributed by atoms with Crippen LogP contribution in [0.25, 0.3) is 0 Å². The first kappa shape index (κ1) is 13.4. The number of hydrogen-bond donors (Lipinski definition) is 3. The summed E-state index contributed by atoms with van der Waals surface area (Å²) >= 11 is 0. The zero-order valence-corrected chi connectivity index (χ0v) is 8.05. The van der Waals surface area contributed by atoms with E-state index in [1.165, 1.54) is 4.90 Å². The van der Waals surface area contributed by atoms with Crippen molar-refractivity contribution in [1.82, 2.24) is 4.90 Å². The largest absolute Gasteiger partial charge is 0.481 e. The molecule has 0 rings (SSSR count). The molecule has 0 saturated heterocycles. The number of rotatable bonds is 8. The summed E-state index contributed by atoms with van der Waals surface area (Å²) in [6.45, 7) is -0.273. The van der Waals surface area contributed by atoms with Crippen LogP contribution in [0.15, 0.2) is 0 Å². The van der Waals surface area contributed by atoms with Crippen molar-refractivity contribution in [2.24, 2.45) is 0 Å². The van der Waals surface area contributed by atoms with Crippen LogP contribution in [-0.2, 0) is 14.4 Å². The van der Waals surface area contributed by atoms with Gasteiger partial charge in [-0.25, -0.2) is 0 Å². The summed E-state index contributed by atoms with van der Waals surface area (Å²) < 4.78 is 0. The second-order valence-corrected chi connectivity index (χ2v) is 2.96. The zero-order chi connectivity index (χ0) is 11.8. The van der Waals surface area contributed by atoms with Gasteiger partial charge in [0.2, 0.25) is 0 Å². The van der Waals surface area contributed by atoms with Gasteiger partial charge in [-0.1, -0.05) is 0 Å². The number of carbonyl (C=O) groups is 3. The van der Waals surface area contributed by atoms with Crippen molar-refractivity contribution in [3.8, 4) is 0 Å². The van der Waals surface area contributed by atoms with Gasteiger partial charge in [0.15, 0.2) is 0 Å².